The summed E-state index contributed by atoms with van der Waals surface area (Å²) in [5.74, 6) is -0.319. The summed E-state index contributed by atoms with van der Waals surface area (Å²) in [5, 5.41) is 22.3. The number of hydrogen-bond acceptors (Lipinski definition) is 4. The zero-order valence-electron chi connectivity index (χ0n) is 12.8. The Bertz CT molecular complexity index is 692. The van der Waals surface area contributed by atoms with Crippen LogP contribution >= 0.6 is 0 Å². The van der Waals surface area contributed by atoms with Gasteiger partial charge in [0.15, 0.2) is 0 Å². The zero-order chi connectivity index (χ0) is 16.7. The van der Waals surface area contributed by atoms with Gasteiger partial charge in [-0.1, -0.05) is 30.3 Å². The van der Waals surface area contributed by atoms with Gasteiger partial charge < -0.3 is 15.2 Å². The summed E-state index contributed by atoms with van der Waals surface area (Å²) in [5.41, 5.74) is 0.277. The van der Waals surface area contributed by atoms with Crippen LogP contribution in [-0.2, 0) is 10.3 Å². The Balaban J connectivity index is 2.09. The SMILES string of the molecule is COC[C@](O)(CNC(=O)c1ccc(C#N)cc1)c1ccccc1. The summed E-state index contributed by atoms with van der Waals surface area (Å²) in [6.07, 6.45) is 0. The topological polar surface area (TPSA) is 82.3 Å². The first-order chi connectivity index (χ1) is 11.1. The molecular formula is C18H18N2O3. The smallest absolute Gasteiger partial charge is 0.251 e. The Morgan fingerprint density at radius 3 is 2.43 bits per heavy atom. The van der Waals surface area contributed by atoms with Crippen LogP contribution in [0.4, 0.5) is 0 Å². The number of amides is 1. The third kappa shape index (κ3) is 4.16. The van der Waals surface area contributed by atoms with Crippen molar-refractivity contribution in [1.29, 1.82) is 5.26 Å². The fourth-order valence-electron chi connectivity index (χ4n) is 2.25. The molecule has 118 valence electrons. The maximum absolute atomic E-state index is 12.2. The highest BCUT2D eigenvalue weighted by Gasteiger charge is 2.30. The fourth-order valence-corrected chi connectivity index (χ4v) is 2.25. The molecule has 2 rings (SSSR count). The fraction of sp³-hybridized carbons (Fsp3) is 0.222. The predicted molar refractivity (Wildman–Crippen MR) is 85.7 cm³/mol. The number of nitrogens with one attached hydrogen (secondary N) is 1. The van der Waals surface area contributed by atoms with Crippen molar-refractivity contribution in [2.45, 2.75) is 5.60 Å². The third-order valence-corrected chi connectivity index (χ3v) is 3.51. The molecule has 2 aromatic carbocycles. The molecule has 0 saturated carbocycles. The average molecular weight is 310 g/mol. The van der Waals surface area contributed by atoms with E-state index in [1.807, 2.05) is 24.3 Å². The molecule has 0 unspecified atom stereocenters. The van der Waals surface area contributed by atoms with Crippen LogP contribution in [0.1, 0.15) is 21.5 Å². The lowest BCUT2D eigenvalue weighted by Crippen LogP contribution is -2.44. The van der Waals surface area contributed by atoms with Gasteiger partial charge in [0.25, 0.3) is 5.91 Å². The van der Waals surface area contributed by atoms with Gasteiger partial charge in [0.2, 0.25) is 0 Å². The first-order valence-electron chi connectivity index (χ1n) is 7.14. The summed E-state index contributed by atoms with van der Waals surface area (Å²) in [6, 6.07) is 17.4. The van der Waals surface area contributed by atoms with Crippen molar-refractivity contribution in [2.75, 3.05) is 20.3 Å². The molecule has 0 fully saturated rings. The summed E-state index contributed by atoms with van der Waals surface area (Å²) in [7, 11) is 1.50. The molecule has 1 atom stereocenters. The second-order valence-electron chi connectivity index (χ2n) is 5.20. The molecule has 0 aliphatic heterocycles. The van der Waals surface area contributed by atoms with Gasteiger partial charge in [-0.25, -0.2) is 0 Å². The van der Waals surface area contributed by atoms with Gasteiger partial charge in [0.05, 0.1) is 24.8 Å². The number of benzene rings is 2. The number of aliphatic hydroxyl groups is 1. The average Bonchev–Trinajstić information content (AvgIpc) is 2.61. The van der Waals surface area contributed by atoms with Crippen LogP contribution in [0.25, 0.3) is 0 Å². The number of ether oxygens (including phenoxy) is 1. The number of nitriles is 1. The van der Waals surface area contributed by atoms with E-state index in [0.717, 1.165) is 0 Å². The molecule has 0 radical (unpaired) electrons. The molecular weight excluding hydrogens is 292 g/mol. The maximum Gasteiger partial charge on any atom is 0.251 e. The van der Waals surface area contributed by atoms with Gasteiger partial charge in [-0.05, 0) is 29.8 Å². The van der Waals surface area contributed by atoms with Crippen molar-refractivity contribution < 1.29 is 14.6 Å². The van der Waals surface area contributed by atoms with Gasteiger partial charge in [0.1, 0.15) is 5.60 Å². The van der Waals surface area contributed by atoms with Gasteiger partial charge in [0, 0.05) is 12.7 Å². The minimum Gasteiger partial charge on any atom is -0.381 e. The maximum atomic E-state index is 12.2. The second-order valence-corrected chi connectivity index (χ2v) is 5.20. The molecule has 5 heteroatoms. The predicted octanol–water partition coefficient (Wildman–Crippen LogP) is 1.82. The molecule has 2 N–H and O–H groups in total. The van der Waals surface area contributed by atoms with E-state index >= 15 is 0 Å². The first-order valence-corrected chi connectivity index (χ1v) is 7.14. The molecule has 0 spiro atoms. The number of hydrogen-bond donors (Lipinski definition) is 2. The Morgan fingerprint density at radius 1 is 1.22 bits per heavy atom. The van der Waals surface area contributed by atoms with Crippen molar-refractivity contribution in [3.63, 3.8) is 0 Å². The quantitative estimate of drug-likeness (QED) is 0.852. The molecule has 23 heavy (non-hydrogen) atoms. The number of nitrogens with zero attached hydrogens (tertiary/aromatic N) is 1. The van der Waals surface area contributed by atoms with Crippen molar-refractivity contribution in [2.24, 2.45) is 0 Å². The van der Waals surface area contributed by atoms with Crippen LogP contribution < -0.4 is 5.32 Å². The van der Waals surface area contributed by atoms with E-state index in [9.17, 15) is 9.90 Å². The summed E-state index contributed by atoms with van der Waals surface area (Å²) in [4.78, 5) is 12.2. The highest BCUT2D eigenvalue weighted by atomic mass is 16.5. The molecule has 0 saturated heterocycles. The molecule has 0 aromatic heterocycles. The largest absolute Gasteiger partial charge is 0.381 e. The van der Waals surface area contributed by atoms with E-state index < -0.39 is 5.60 Å². The van der Waals surface area contributed by atoms with E-state index in [2.05, 4.69) is 5.32 Å². The van der Waals surface area contributed by atoms with E-state index in [1.165, 1.54) is 7.11 Å². The number of carbonyl (C=O) groups excluding carboxylic acids is 1. The molecule has 0 aliphatic carbocycles. The normalized spacial score (nSPS) is 12.9. The lowest BCUT2D eigenvalue weighted by Gasteiger charge is -2.28. The Labute approximate surface area is 135 Å². The Hall–Kier alpha value is -2.68. The van der Waals surface area contributed by atoms with Crippen LogP contribution in [0.5, 0.6) is 0 Å². The second kappa shape index (κ2) is 7.54. The van der Waals surface area contributed by atoms with Crippen molar-refractivity contribution in [1.82, 2.24) is 5.32 Å². The van der Waals surface area contributed by atoms with Crippen molar-refractivity contribution in [3.05, 3.63) is 71.3 Å². The monoisotopic (exact) mass is 310 g/mol. The lowest BCUT2D eigenvalue weighted by molar-refractivity contribution is -0.0334. The van der Waals surface area contributed by atoms with E-state index in [1.54, 1.807) is 36.4 Å². The van der Waals surface area contributed by atoms with Crippen LogP contribution in [0.15, 0.2) is 54.6 Å². The van der Waals surface area contributed by atoms with Crippen molar-refractivity contribution in [3.8, 4) is 6.07 Å². The molecule has 0 bridgehead atoms. The van der Waals surface area contributed by atoms with Gasteiger partial charge in [-0.3, -0.25) is 4.79 Å². The molecule has 1 amide bonds. The minimum atomic E-state index is -1.31. The number of carbonyl (C=O) groups is 1. The molecule has 0 heterocycles. The zero-order valence-corrected chi connectivity index (χ0v) is 12.8. The van der Waals surface area contributed by atoms with Crippen LogP contribution in [0, 0.1) is 11.3 Å². The highest BCUT2D eigenvalue weighted by Crippen LogP contribution is 2.20. The van der Waals surface area contributed by atoms with E-state index in [0.29, 0.717) is 16.7 Å². The summed E-state index contributed by atoms with van der Waals surface area (Å²) in [6.45, 7) is 0.0777. The van der Waals surface area contributed by atoms with Gasteiger partial charge >= 0.3 is 0 Å². The molecule has 0 aliphatic rings. The molecule has 2 aromatic rings. The Kier molecular flexibility index (Phi) is 5.47. The highest BCUT2D eigenvalue weighted by molar-refractivity contribution is 5.94. The van der Waals surface area contributed by atoms with Crippen LogP contribution in [0.2, 0.25) is 0 Å². The van der Waals surface area contributed by atoms with Crippen molar-refractivity contribution >= 4 is 5.91 Å². The first kappa shape index (κ1) is 16.7. The van der Waals surface area contributed by atoms with Gasteiger partial charge in [-0.2, -0.15) is 5.26 Å². The van der Waals surface area contributed by atoms with E-state index in [4.69, 9.17) is 10.00 Å². The third-order valence-electron chi connectivity index (χ3n) is 3.51. The van der Waals surface area contributed by atoms with Gasteiger partial charge in [-0.15, -0.1) is 0 Å². The molecule has 5 nitrogen and oxygen atoms in total. The standard InChI is InChI=1S/C18H18N2O3/c1-23-13-18(22,16-5-3-2-4-6-16)12-20-17(21)15-9-7-14(11-19)8-10-15/h2-10,22H,12-13H2,1H3,(H,20,21)/t18-/m1/s1. The minimum absolute atomic E-state index is 0.0175. The van der Waals surface area contributed by atoms with E-state index in [-0.39, 0.29) is 19.1 Å². The lowest BCUT2D eigenvalue weighted by atomic mass is 9.94. The van der Waals surface area contributed by atoms with Crippen LogP contribution in [-0.4, -0.2) is 31.3 Å². The van der Waals surface area contributed by atoms with Crippen LogP contribution in [0.3, 0.4) is 0 Å². The summed E-state index contributed by atoms with van der Waals surface area (Å²) < 4.78 is 5.09. The summed E-state index contributed by atoms with van der Waals surface area (Å²) >= 11 is 0. The number of rotatable bonds is 6. The number of methoxy groups -OCH3 is 1. The Morgan fingerprint density at radius 2 is 1.87 bits per heavy atom.